The number of anilines is 1. The van der Waals surface area contributed by atoms with Crippen LogP contribution >= 0.6 is 31.9 Å². The molecule has 0 aliphatic carbocycles. The third kappa shape index (κ3) is 4.06. The second-order valence-corrected chi connectivity index (χ2v) is 7.69. The van der Waals surface area contributed by atoms with Crippen LogP contribution in [-0.2, 0) is 21.4 Å². The zero-order chi connectivity index (χ0) is 15.5. The molecule has 0 aromatic heterocycles. The summed E-state index contributed by atoms with van der Waals surface area (Å²) in [5, 5.41) is 0. The van der Waals surface area contributed by atoms with Gasteiger partial charge in [-0.05, 0) is 40.2 Å². The first kappa shape index (κ1) is 16.5. The van der Waals surface area contributed by atoms with Crippen molar-refractivity contribution in [3.63, 3.8) is 0 Å². The summed E-state index contributed by atoms with van der Waals surface area (Å²) < 4.78 is 34.0. The highest BCUT2D eigenvalue weighted by molar-refractivity contribution is 9.11. The lowest BCUT2D eigenvalue weighted by atomic mass is 10.2. The molecule has 0 spiro atoms. The largest absolute Gasteiger partial charge is 0.380 e. The third-order valence-corrected chi connectivity index (χ3v) is 5.58. The van der Waals surface area contributed by atoms with Crippen molar-refractivity contribution in [2.45, 2.75) is 11.5 Å². The van der Waals surface area contributed by atoms with Gasteiger partial charge in [-0.1, -0.05) is 34.1 Å². The Bertz CT molecular complexity index is 748. The lowest BCUT2D eigenvalue weighted by Crippen LogP contribution is -2.15. The maximum Gasteiger partial charge on any atom is 0.263 e. The highest BCUT2D eigenvalue weighted by atomic mass is 79.9. The highest BCUT2D eigenvalue weighted by Crippen LogP contribution is 2.28. The van der Waals surface area contributed by atoms with Crippen molar-refractivity contribution in [1.29, 1.82) is 0 Å². The number of hydrogen-bond acceptors (Lipinski definition) is 3. The Labute approximate surface area is 140 Å². The summed E-state index contributed by atoms with van der Waals surface area (Å²) in [6, 6.07) is 12.0. The molecule has 0 unspecified atom stereocenters. The van der Waals surface area contributed by atoms with Crippen LogP contribution in [-0.4, -0.2) is 15.5 Å². The Kier molecular flexibility index (Phi) is 5.43. The van der Waals surface area contributed by atoms with Crippen LogP contribution in [0.25, 0.3) is 0 Å². The van der Waals surface area contributed by atoms with E-state index in [4.69, 9.17) is 4.74 Å². The Morgan fingerprint density at radius 3 is 2.52 bits per heavy atom. The van der Waals surface area contributed by atoms with Crippen LogP contribution in [0.2, 0.25) is 0 Å². The molecule has 0 radical (unpaired) electrons. The maximum atomic E-state index is 12.5. The molecule has 0 aliphatic heterocycles. The molecule has 1 N–H and O–H groups in total. The van der Waals surface area contributed by atoms with Crippen LogP contribution in [0.4, 0.5) is 5.69 Å². The van der Waals surface area contributed by atoms with Crippen LogP contribution in [0.5, 0.6) is 0 Å². The minimum atomic E-state index is -3.67. The molecule has 0 bridgehead atoms. The van der Waals surface area contributed by atoms with E-state index < -0.39 is 10.0 Å². The van der Waals surface area contributed by atoms with Crippen LogP contribution in [0, 0.1) is 0 Å². The zero-order valence-corrected chi connectivity index (χ0v) is 15.1. The number of methoxy groups -OCH3 is 1. The minimum Gasteiger partial charge on any atom is -0.380 e. The summed E-state index contributed by atoms with van der Waals surface area (Å²) in [6.45, 7) is 0.334. The first-order valence-electron chi connectivity index (χ1n) is 5.99. The van der Waals surface area contributed by atoms with Crippen molar-refractivity contribution in [2.75, 3.05) is 11.8 Å². The van der Waals surface area contributed by atoms with Crippen LogP contribution in [0.3, 0.4) is 0 Å². The molecule has 112 valence electrons. The van der Waals surface area contributed by atoms with Crippen molar-refractivity contribution in [3.05, 3.63) is 57.0 Å². The number of benzene rings is 2. The normalized spacial score (nSPS) is 11.4. The van der Waals surface area contributed by atoms with E-state index in [2.05, 4.69) is 36.6 Å². The molecular formula is C14H13Br2NO3S. The van der Waals surface area contributed by atoms with E-state index in [1.807, 2.05) is 12.1 Å². The lowest BCUT2D eigenvalue weighted by Gasteiger charge is -2.13. The smallest absolute Gasteiger partial charge is 0.263 e. The summed E-state index contributed by atoms with van der Waals surface area (Å²) in [7, 11) is -2.11. The van der Waals surface area contributed by atoms with E-state index in [0.717, 1.165) is 10.0 Å². The second-order valence-electron chi connectivity index (χ2n) is 4.27. The van der Waals surface area contributed by atoms with Crippen molar-refractivity contribution in [2.24, 2.45) is 0 Å². The number of para-hydroxylation sites is 1. The molecule has 7 heteroatoms. The Balaban J connectivity index is 2.38. The first-order valence-corrected chi connectivity index (χ1v) is 9.05. The predicted molar refractivity (Wildman–Crippen MR) is 89.8 cm³/mol. The van der Waals surface area contributed by atoms with E-state index in [9.17, 15) is 8.42 Å². The Morgan fingerprint density at radius 1 is 1.14 bits per heavy atom. The molecule has 2 aromatic carbocycles. The molecule has 21 heavy (non-hydrogen) atoms. The van der Waals surface area contributed by atoms with Gasteiger partial charge in [-0.3, -0.25) is 4.72 Å². The number of rotatable bonds is 5. The van der Waals surface area contributed by atoms with Crippen molar-refractivity contribution >= 4 is 47.6 Å². The Morgan fingerprint density at radius 2 is 1.86 bits per heavy atom. The van der Waals surface area contributed by atoms with Crippen molar-refractivity contribution < 1.29 is 13.2 Å². The van der Waals surface area contributed by atoms with Gasteiger partial charge in [0.1, 0.15) is 4.90 Å². The molecule has 0 fully saturated rings. The summed E-state index contributed by atoms with van der Waals surface area (Å²) >= 11 is 6.57. The van der Waals surface area contributed by atoms with Crippen LogP contribution < -0.4 is 4.72 Å². The number of sulfonamides is 1. The number of nitrogens with one attached hydrogen (secondary N) is 1. The summed E-state index contributed by atoms with van der Waals surface area (Å²) in [5.41, 5.74) is 1.28. The molecule has 4 nitrogen and oxygen atoms in total. The predicted octanol–water partition coefficient (Wildman–Crippen LogP) is 4.16. The maximum absolute atomic E-state index is 12.5. The van der Waals surface area contributed by atoms with Crippen LogP contribution in [0.1, 0.15) is 5.56 Å². The molecule has 0 heterocycles. The van der Waals surface area contributed by atoms with Gasteiger partial charge in [-0.25, -0.2) is 8.42 Å². The number of ether oxygens (including phenoxy) is 1. The lowest BCUT2D eigenvalue weighted by molar-refractivity contribution is 0.185. The zero-order valence-electron chi connectivity index (χ0n) is 11.1. The van der Waals surface area contributed by atoms with Crippen molar-refractivity contribution in [1.82, 2.24) is 0 Å². The third-order valence-electron chi connectivity index (χ3n) is 2.74. The van der Waals surface area contributed by atoms with E-state index in [-0.39, 0.29) is 4.90 Å². The molecule has 2 rings (SSSR count). The molecule has 2 aromatic rings. The second kappa shape index (κ2) is 6.91. The fraction of sp³-hybridized carbons (Fsp3) is 0.143. The van der Waals surface area contributed by atoms with Crippen molar-refractivity contribution in [3.8, 4) is 0 Å². The molecular weight excluding hydrogens is 422 g/mol. The average Bonchev–Trinajstić information content (AvgIpc) is 2.40. The van der Waals surface area contributed by atoms with Gasteiger partial charge < -0.3 is 4.74 Å². The van der Waals surface area contributed by atoms with Gasteiger partial charge in [0.15, 0.2) is 0 Å². The summed E-state index contributed by atoms with van der Waals surface area (Å²) in [6.07, 6.45) is 0. The van der Waals surface area contributed by atoms with Gasteiger partial charge in [-0.15, -0.1) is 0 Å². The summed E-state index contributed by atoms with van der Waals surface area (Å²) in [4.78, 5) is 0.179. The fourth-order valence-corrected chi connectivity index (χ4v) is 4.64. The molecule has 0 atom stereocenters. The number of hydrogen-bond donors (Lipinski definition) is 1. The van der Waals surface area contributed by atoms with Gasteiger partial charge in [0.25, 0.3) is 10.0 Å². The fourth-order valence-electron chi connectivity index (χ4n) is 1.79. The van der Waals surface area contributed by atoms with E-state index in [1.54, 1.807) is 31.4 Å². The number of halogens is 2. The molecule has 0 saturated carbocycles. The highest BCUT2D eigenvalue weighted by Gasteiger charge is 2.19. The SMILES string of the molecule is COCc1ccccc1NS(=O)(=O)c1ccc(Br)cc1Br. The topological polar surface area (TPSA) is 55.4 Å². The van der Waals surface area contributed by atoms with E-state index in [0.29, 0.717) is 16.8 Å². The standard InChI is InChI=1S/C14H13Br2NO3S/c1-20-9-10-4-2-3-5-13(10)17-21(18,19)14-7-6-11(15)8-12(14)16/h2-8,17H,9H2,1H3. The van der Waals surface area contributed by atoms with Crippen LogP contribution in [0.15, 0.2) is 56.3 Å². The summed E-state index contributed by atoms with van der Waals surface area (Å²) in [5.74, 6) is 0. The van der Waals surface area contributed by atoms with Gasteiger partial charge in [-0.2, -0.15) is 0 Å². The average molecular weight is 435 g/mol. The van der Waals surface area contributed by atoms with E-state index >= 15 is 0 Å². The monoisotopic (exact) mass is 433 g/mol. The Hall–Kier alpha value is -0.890. The first-order chi connectivity index (χ1) is 9.94. The minimum absolute atomic E-state index is 0.179. The molecule has 0 amide bonds. The van der Waals surface area contributed by atoms with Gasteiger partial charge in [0, 0.05) is 21.6 Å². The van der Waals surface area contributed by atoms with E-state index in [1.165, 1.54) is 6.07 Å². The molecule has 0 saturated heterocycles. The quantitative estimate of drug-likeness (QED) is 0.768. The van der Waals surface area contributed by atoms with Gasteiger partial charge in [0.05, 0.1) is 12.3 Å². The van der Waals surface area contributed by atoms with Gasteiger partial charge >= 0.3 is 0 Å². The molecule has 0 aliphatic rings. The van der Waals surface area contributed by atoms with Gasteiger partial charge in [0.2, 0.25) is 0 Å².